The molecule has 0 fully saturated rings. The number of rotatable bonds is 2. The Hall–Kier alpha value is -2.14. The van der Waals surface area contributed by atoms with Crippen LogP contribution in [0.2, 0.25) is 0 Å². The molecular formula is C13H9N3O2S2. The SMILES string of the molecule is N#Cc1cc(-c2cccc3cc[nH]c23)c(S(N)(=O)=O)s1. The van der Waals surface area contributed by atoms with Gasteiger partial charge in [-0.05, 0) is 17.5 Å². The van der Waals surface area contributed by atoms with Gasteiger partial charge in [-0.2, -0.15) is 5.26 Å². The van der Waals surface area contributed by atoms with Crippen molar-refractivity contribution in [1.82, 2.24) is 4.98 Å². The van der Waals surface area contributed by atoms with E-state index in [-0.39, 0.29) is 4.21 Å². The summed E-state index contributed by atoms with van der Waals surface area (Å²) in [5, 5.41) is 15.2. The van der Waals surface area contributed by atoms with E-state index in [2.05, 4.69) is 4.98 Å². The number of aromatic nitrogens is 1. The fraction of sp³-hybridized carbons (Fsp3) is 0. The maximum atomic E-state index is 11.7. The van der Waals surface area contributed by atoms with E-state index in [4.69, 9.17) is 10.4 Å². The van der Waals surface area contributed by atoms with E-state index in [0.29, 0.717) is 16.0 Å². The summed E-state index contributed by atoms with van der Waals surface area (Å²) in [5.74, 6) is 0. The molecule has 3 rings (SSSR count). The van der Waals surface area contributed by atoms with Gasteiger partial charge < -0.3 is 4.98 Å². The number of para-hydroxylation sites is 1. The van der Waals surface area contributed by atoms with Gasteiger partial charge in [-0.15, -0.1) is 11.3 Å². The molecule has 0 radical (unpaired) electrons. The molecule has 1 aromatic carbocycles. The number of primary sulfonamides is 1. The van der Waals surface area contributed by atoms with E-state index in [1.165, 1.54) is 0 Å². The Balaban J connectivity index is 2.38. The average Bonchev–Trinajstić information content (AvgIpc) is 3.03. The molecular weight excluding hydrogens is 294 g/mol. The van der Waals surface area contributed by atoms with Gasteiger partial charge in [0.2, 0.25) is 10.0 Å². The van der Waals surface area contributed by atoms with Crippen LogP contribution in [0, 0.1) is 11.3 Å². The molecule has 3 aromatic rings. The number of hydrogen-bond donors (Lipinski definition) is 2. The molecule has 0 bridgehead atoms. The summed E-state index contributed by atoms with van der Waals surface area (Å²) in [5.41, 5.74) is 2.00. The van der Waals surface area contributed by atoms with E-state index in [0.717, 1.165) is 22.2 Å². The normalized spacial score (nSPS) is 11.6. The van der Waals surface area contributed by atoms with Crippen molar-refractivity contribution in [3.05, 3.63) is 41.4 Å². The summed E-state index contributed by atoms with van der Waals surface area (Å²) >= 11 is 0.884. The molecule has 100 valence electrons. The van der Waals surface area contributed by atoms with Crippen LogP contribution in [-0.4, -0.2) is 13.4 Å². The van der Waals surface area contributed by atoms with Gasteiger partial charge in [0.1, 0.15) is 15.2 Å². The molecule has 0 aliphatic carbocycles. The van der Waals surface area contributed by atoms with Crippen molar-refractivity contribution in [2.45, 2.75) is 4.21 Å². The average molecular weight is 303 g/mol. The fourth-order valence-corrected chi connectivity index (χ4v) is 4.05. The molecule has 0 spiro atoms. The number of nitrogens with one attached hydrogen (secondary N) is 1. The molecule has 0 saturated heterocycles. The largest absolute Gasteiger partial charge is 0.361 e. The van der Waals surface area contributed by atoms with Crippen molar-refractivity contribution in [1.29, 1.82) is 5.26 Å². The number of nitrogens with two attached hydrogens (primary N) is 1. The van der Waals surface area contributed by atoms with E-state index < -0.39 is 10.0 Å². The smallest absolute Gasteiger partial charge is 0.248 e. The van der Waals surface area contributed by atoms with Gasteiger partial charge in [-0.25, -0.2) is 13.6 Å². The fourth-order valence-electron chi connectivity index (χ4n) is 2.14. The molecule has 0 amide bonds. The molecule has 5 nitrogen and oxygen atoms in total. The van der Waals surface area contributed by atoms with Crippen molar-refractivity contribution in [3.8, 4) is 17.2 Å². The lowest BCUT2D eigenvalue weighted by Crippen LogP contribution is -2.11. The predicted molar refractivity (Wildman–Crippen MR) is 77.7 cm³/mol. The summed E-state index contributed by atoms with van der Waals surface area (Å²) in [4.78, 5) is 3.39. The van der Waals surface area contributed by atoms with Crippen LogP contribution in [0.3, 0.4) is 0 Å². The molecule has 7 heteroatoms. The second-order valence-corrected chi connectivity index (χ2v) is 7.02. The highest BCUT2D eigenvalue weighted by Crippen LogP contribution is 2.37. The maximum Gasteiger partial charge on any atom is 0.248 e. The van der Waals surface area contributed by atoms with Crippen LogP contribution in [0.15, 0.2) is 40.7 Å². The Bertz CT molecular complexity index is 946. The van der Waals surface area contributed by atoms with E-state index in [1.807, 2.05) is 24.3 Å². The molecule has 0 unspecified atom stereocenters. The number of nitriles is 1. The number of sulfonamides is 1. The zero-order chi connectivity index (χ0) is 14.3. The summed E-state index contributed by atoms with van der Waals surface area (Å²) in [6.45, 7) is 0. The van der Waals surface area contributed by atoms with Crippen LogP contribution in [0.1, 0.15) is 4.88 Å². The maximum absolute atomic E-state index is 11.7. The summed E-state index contributed by atoms with van der Waals surface area (Å²) in [6.07, 6.45) is 1.78. The lowest BCUT2D eigenvalue weighted by Gasteiger charge is -2.04. The lowest BCUT2D eigenvalue weighted by molar-refractivity contribution is 0.600. The van der Waals surface area contributed by atoms with Crippen LogP contribution in [-0.2, 0) is 10.0 Å². The minimum absolute atomic E-state index is 0.0103. The molecule has 0 aliphatic rings. The Morgan fingerprint density at radius 1 is 1.25 bits per heavy atom. The number of hydrogen-bond acceptors (Lipinski definition) is 4. The third-order valence-electron chi connectivity index (χ3n) is 2.94. The second-order valence-electron chi connectivity index (χ2n) is 4.22. The third-order valence-corrected chi connectivity index (χ3v) is 5.46. The van der Waals surface area contributed by atoms with Crippen LogP contribution >= 0.6 is 11.3 Å². The van der Waals surface area contributed by atoms with Crippen LogP contribution < -0.4 is 5.14 Å². The first-order chi connectivity index (χ1) is 9.50. The van der Waals surface area contributed by atoms with Crippen molar-refractivity contribution in [2.75, 3.05) is 0 Å². The number of benzene rings is 1. The van der Waals surface area contributed by atoms with Crippen molar-refractivity contribution in [2.24, 2.45) is 5.14 Å². The first-order valence-electron chi connectivity index (χ1n) is 5.64. The van der Waals surface area contributed by atoms with E-state index in [1.54, 1.807) is 18.3 Å². The third kappa shape index (κ3) is 2.00. The molecule has 3 N–H and O–H groups in total. The van der Waals surface area contributed by atoms with Gasteiger partial charge in [0.05, 0.1) is 5.52 Å². The quantitative estimate of drug-likeness (QED) is 0.760. The number of fused-ring (bicyclic) bond motifs is 1. The van der Waals surface area contributed by atoms with E-state index in [9.17, 15) is 8.42 Å². The number of thiophene rings is 1. The van der Waals surface area contributed by atoms with Gasteiger partial charge in [0.15, 0.2) is 0 Å². The Labute approximate surface area is 119 Å². The van der Waals surface area contributed by atoms with Crippen molar-refractivity contribution in [3.63, 3.8) is 0 Å². The minimum atomic E-state index is -3.87. The monoisotopic (exact) mass is 303 g/mol. The summed E-state index contributed by atoms with van der Waals surface area (Å²) in [7, 11) is -3.87. The first kappa shape index (κ1) is 12.9. The molecule has 2 aromatic heterocycles. The van der Waals surface area contributed by atoms with Crippen LogP contribution in [0.25, 0.3) is 22.0 Å². The van der Waals surface area contributed by atoms with Gasteiger partial charge in [0, 0.05) is 17.3 Å². The molecule has 0 atom stereocenters. The molecule has 2 heterocycles. The molecule has 0 aliphatic heterocycles. The second kappa shape index (κ2) is 4.45. The summed E-state index contributed by atoms with van der Waals surface area (Å²) < 4.78 is 23.4. The standard InChI is InChI=1S/C13H9N3O2S2/c14-7-9-6-11(13(19-9)20(15,17)18)10-3-1-2-8-4-5-16-12(8)10/h1-6,16H,(H2,15,17,18). The molecule has 0 saturated carbocycles. The lowest BCUT2D eigenvalue weighted by atomic mass is 10.1. The van der Waals surface area contributed by atoms with Gasteiger partial charge >= 0.3 is 0 Å². The van der Waals surface area contributed by atoms with Gasteiger partial charge in [-0.3, -0.25) is 0 Å². The predicted octanol–water partition coefficient (Wildman–Crippen LogP) is 2.42. The topological polar surface area (TPSA) is 99.7 Å². The number of H-pyrrole nitrogens is 1. The molecule has 20 heavy (non-hydrogen) atoms. The van der Waals surface area contributed by atoms with Crippen LogP contribution in [0.4, 0.5) is 0 Å². The van der Waals surface area contributed by atoms with Crippen molar-refractivity contribution < 1.29 is 8.42 Å². The highest BCUT2D eigenvalue weighted by Gasteiger charge is 2.21. The van der Waals surface area contributed by atoms with Crippen molar-refractivity contribution >= 4 is 32.3 Å². The van der Waals surface area contributed by atoms with E-state index >= 15 is 0 Å². The number of nitrogens with zero attached hydrogens (tertiary/aromatic N) is 1. The highest BCUT2D eigenvalue weighted by molar-refractivity contribution is 7.91. The Morgan fingerprint density at radius 3 is 2.75 bits per heavy atom. The first-order valence-corrected chi connectivity index (χ1v) is 8.00. The Morgan fingerprint density at radius 2 is 2.05 bits per heavy atom. The highest BCUT2D eigenvalue weighted by atomic mass is 32.2. The van der Waals surface area contributed by atoms with Gasteiger partial charge in [-0.1, -0.05) is 18.2 Å². The Kier molecular flexibility index (Phi) is 2.87. The minimum Gasteiger partial charge on any atom is -0.361 e. The van der Waals surface area contributed by atoms with Crippen LogP contribution in [0.5, 0.6) is 0 Å². The summed E-state index contributed by atoms with van der Waals surface area (Å²) in [6, 6.07) is 11.0. The number of aromatic amines is 1. The van der Waals surface area contributed by atoms with Gasteiger partial charge in [0.25, 0.3) is 0 Å². The zero-order valence-corrected chi connectivity index (χ0v) is 11.8. The zero-order valence-electron chi connectivity index (χ0n) is 10.1.